The van der Waals surface area contributed by atoms with Crippen molar-refractivity contribution in [1.82, 2.24) is 14.9 Å². The van der Waals surface area contributed by atoms with Crippen LogP contribution in [0.5, 0.6) is 0 Å². The molecule has 0 spiro atoms. The van der Waals surface area contributed by atoms with Gasteiger partial charge in [0.25, 0.3) is 0 Å². The van der Waals surface area contributed by atoms with Crippen LogP contribution in [0.4, 0.5) is 10.1 Å². The second-order valence-corrected chi connectivity index (χ2v) is 6.38. The third-order valence-electron chi connectivity index (χ3n) is 3.30. The van der Waals surface area contributed by atoms with Crippen molar-refractivity contribution in [2.45, 2.75) is 12.1 Å². The highest BCUT2D eigenvalue weighted by molar-refractivity contribution is 7.99. The largest absolute Gasteiger partial charge is 0.469 e. The monoisotopic (exact) mass is 381 g/mol. The van der Waals surface area contributed by atoms with E-state index in [4.69, 9.17) is 21.9 Å². The lowest BCUT2D eigenvalue weighted by Gasteiger charge is -2.07. The van der Waals surface area contributed by atoms with E-state index in [2.05, 4.69) is 15.5 Å². The quantitative estimate of drug-likeness (QED) is 0.520. The molecule has 0 saturated heterocycles. The molecular weight excluding hydrogens is 369 g/mol. The van der Waals surface area contributed by atoms with Crippen molar-refractivity contribution in [3.8, 4) is 11.4 Å². The number of carbonyl (C=O) groups excluding carboxylic acids is 1. The molecule has 0 bridgehead atoms. The van der Waals surface area contributed by atoms with Gasteiger partial charge in [-0.1, -0.05) is 23.4 Å². The fourth-order valence-corrected chi connectivity index (χ4v) is 2.95. The molecule has 0 aliphatic rings. The van der Waals surface area contributed by atoms with E-state index < -0.39 is 5.82 Å². The number of carbonyl (C=O) groups is 1. The van der Waals surface area contributed by atoms with Crippen molar-refractivity contribution in [2.75, 3.05) is 16.9 Å². The van der Waals surface area contributed by atoms with Crippen LogP contribution in [0, 0.1) is 12.7 Å². The van der Waals surface area contributed by atoms with Gasteiger partial charge >= 0.3 is 0 Å². The Labute approximate surface area is 151 Å². The molecular formula is C15H13ClFN5O2S. The predicted molar refractivity (Wildman–Crippen MR) is 93.4 cm³/mol. The van der Waals surface area contributed by atoms with Crippen LogP contribution in [0.15, 0.2) is 40.1 Å². The van der Waals surface area contributed by atoms with Crippen LogP contribution < -0.4 is 11.2 Å². The van der Waals surface area contributed by atoms with E-state index in [0.29, 0.717) is 22.4 Å². The molecule has 25 heavy (non-hydrogen) atoms. The first-order chi connectivity index (χ1) is 12.0. The maximum atomic E-state index is 13.0. The Morgan fingerprint density at radius 2 is 2.24 bits per heavy atom. The van der Waals surface area contributed by atoms with Crippen LogP contribution in [-0.2, 0) is 4.79 Å². The molecule has 7 nitrogen and oxygen atoms in total. The summed E-state index contributed by atoms with van der Waals surface area (Å²) in [6, 6.07) is 5.47. The van der Waals surface area contributed by atoms with Gasteiger partial charge in [0.1, 0.15) is 11.6 Å². The standard InChI is InChI=1S/C15H13ClFN5O2S/c1-8-10(4-5-24-8)14-20-21-15(22(14)18)25-7-13(23)19-12-3-2-9(17)6-11(12)16/h2-6H,7,18H2,1H3,(H,19,23). The number of nitrogen functional groups attached to an aromatic ring is 1. The third-order valence-corrected chi connectivity index (χ3v) is 4.56. The zero-order valence-corrected chi connectivity index (χ0v) is 14.6. The van der Waals surface area contributed by atoms with Gasteiger partial charge in [0.05, 0.1) is 28.3 Å². The fourth-order valence-electron chi connectivity index (χ4n) is 2.08. The summed E-state index contributed by atoms with van der Waals surface area (Å²) in [5, 5.41) is 11.1. The van der Waals surface area contributed by atoms with E-state index in [1.165, 1.54) is 23.1 Å². The van der Waals surface area contributed by atoms with Gasteiger partial charge in [0.2, 0.25) is 11.1 Å². The number of benzene rings is 1. The van der Waals surface area contributed by atoms with E-state index in [9.17, 15) is 9.18 Å². The van der Waals surface area contributed by atoms with Gasteiger partial charge in [0.15, 0.2) is 5.82 Å². The molecule has 0 fully saturated rings. The molecule has 0 radical (unpaired) electrons. The number of aromatic nitrogens is 3. The lowest BCUT2D eigenvalue weighted by Crippen LogP contribution is -2.16. The Bertz CT molecular complexity index is 927. The number of nitrogens with one attached hydrogen (secondary N) is 1. The van der Waals surface area contributed by atoms with Gasteiger partial charge < -0.3 is 15.6 Å². The molecule has 0 unspecified atom stereocenters. The van der Waals surface area contributed by atoms with Crippen LogP contribution in [-0.4, -0.2) is 26.5 Å². The summed E-state index contributed by atoms with van der Waals surface area (Å²) < 4.78 is 19.5. The zero-order valence-electron chi connectivity index (χ0n) is 13.0. The van der Waals surface area contributed by atoms with Crippen LogP contribution in [0.25, 0.3) is 11.4 Å². The minimum absolute atomic E-state index is 0.0351. The molecule has 0 aliphatic carbocycles. The van der Waals surface area contributed by atoms with Crippen LogP contribution >= 0.6 is 23.4 Å². The van der Waals surface area contributed by atoms with Gasteiger partial charge in [-0.3, -0.25) is 4.79 Å². The number of anilines is 1. The maximum absolute atomic E-state index is 13.0. The number of furan rings is 1. The van der Waals surface area contributed by atoms with Gasteiger partial charge in [0, 0.05) is 0 Å². The number of rotatable bonds is 5. The molecule has 2 aromatic heterocycles. The first kappa shape index (κ1) is 17.3. The summed E-state index contributed by atoms with van der Waals surface area (Å²) in [4.78, 5) is 12.0. The average molecular weight is 382 g/mol. The number of aryl methyl sites for hydroxylation is 1. The van der Waals surface area contributed by atoms with Gasteiger partial charge in [-0.05, 0) is 31.2 Å². The third kappa shape index (κ3) is 3.77. The van der Waals surface area contributed by atoms with Gasteiger partial charge in [-0.25, -0.2) is 9.07 Å². The lowest BCUT2D eigenvalue weighted by atomic mass is 10.2. The fraction of sp³-hybridized carbons (Fsp3) is 0.133. The number of nitrogens with two attached hydrogens (primary N) is 1. The Morgan fingerprint density at radius 1 is 1.44 bits per heavy atom. The second-order valence-electron chi connectivity index (χ2n) is 5.03. The summed E-state index contributed by atoms with van der Waals surface area (Å²) in [6.07, 6.45) is 1.53. The first-order valence-electron chi connectivity index (χ1n) is 7.08. The molecule has 3 N–H and O–H groups in total. The zero-order chi connectivity index (χ0) is 18.0. The molecule has 0 saturated carbocycles. The normalized spacial score (nSPS) is 10.8. The maximum Gasteiger partial charge on any atom is 0.234 e. The molecule has 10 heteroatoms. The number of amides is 1. The minimum Gasteiger partial charge on any atom is -0.469 e. The number of nitrogens with zero attached hydrogens (tertiary/aromatic N) is 3. The summed E-state index contributed by atoms with van der Waals surface area (Å²) in [6.45, 7) is 1.79. The lowest BCUT2D eigenvalue weighted by molar-refractivity contribution is -0.113. The SMILES string of the molecule is Cc1occc1-c1nnc(SCC(=O)Nc2ccc(F)cc2Cl)n1N. The number of hydrogen-bond donors (Lipinski definition) is 2. The van der Waals surface area contributed by atoms with Crippen molar-refractivity contribution in [1.29, 1.82) is 0 Å². The Hall–Kier alpha value is -2.52. The summed E-state index contributed by atoms with van der Waals surface area (Å²) in [5.74, 6) is 6.31. The van der Waals surface area contributed by atoms with Crippen molar-refractivity contribution in [3.05, 3.63) is 47.1 Å². The van der Waals surface area contributed by atoms with Crippen LogP contribution in [0.2, 0.25) is 5.02 Å². The van der Waals surface area contributed by atoms with E-state index in [1.54, 1.807) is 13.0 Å². The van der Waals surface area contributed by atoms with E-state index in [0.717, 1.165) is 23.4 Å². The van der Waals surface area contributed by atoms with E-state index >= 15 is 0 Å². The van der Waals surface area contributed by atoms with Crippen molar-refractivity contribution >= 4 is 35.0 Å². The molecule has 3 aromatic rings. The summed E-state index contributed by atoms with van der Waals surface area (Å²) >= 11 is 6.99. The predicted octanol–water partition coefficient (Wildman–Crippen LogP) is 3.08. The molecule has 130 valence electrons. The summed E-state index contributed by atoms with van der Waals surface area (Å²) in [5.41, 5.74) is 1.06. The van der Waals surface area contributed by atoms with Crippen molar-refractivity contribution < 1.29 is 13.6 Å². The molecule has 1 aromatic carbocycles. The first-order valence-corrected chi connectivity index (χ1v) is 8.44. The topological polar surface area (TPSA) is 99.0 Å². The van der Waals surface area contributed by atoms with Gasteiger partial charge in [-0.15, -0.1) is 10.2 Å². The van der Waals surface area contributed by atoms with E-state index in [-0.39, 0.29) is 16.7 Å². The second kappa shape index (κ2) is 7.16. The number of thioether (sulfide) groups is 1. The van der Waals surface area contributed by atoms with Crippen molar-refractivity contribution in [2.24, 2.45) is 0 Å². The smallest absolute Gasteiger partial charge is 0.234 e. The Kier molecular flexibility index (Phi) is 4.95. The average Bonchev–Trinajstić information content (AvgIpc) is 3.14. The Morgan fingerprint density at radius 3 is 2.92 bits per heavy atom. The molecule has 0 aliphatic heterocycles. The molecule has 3 rings (SSSR count). The highest BCUT2D eigenvalue weighted by Crippen LogP contribution is 2.26. The molecule has 0 atom stereocenters. The molecule has 1 amide bonds. The van der Waals surface area contributed by atoms with Crippen molar-refractivity contribution in [3.63, 3.8) is 0 Å². The van der Waals surface area contributed by atoms with Crippen LogP contribution in [0.1, 0.15) is 5.76 Å². The highest BCUT2D eigenvalue weighted by Gasteiger charge is 2.17. The highest BCUT2D eigenvalue weighted by atomic mass is 35.5. The van der Waals surface area contributed by atoms with Crippen LogP contribution in [0.3, 0.4) is 0 Å². The van der Waals surface area contributed by atoms with E-state index in [1.807, 2.05) is 0 Å². The number of hydrogen-bond acceptors (Lipinski definition) is 6. The molecule has 2 heterocycles. The number of halogens is 2. The Balaban J connectivity index is 1.65. The van der Waals surface area contributed by atoms with Gasteiger partial charge in [-0.2, -0.15) is 0 Å². The summed E-state index contributed by atoms with van der Waals surface area (Å²) in [7, 11) is 0. The minimum atomic E-state index is -0.476.